The molecule has 0 amide bonds. The third kappa shape index (κ3) is 5.20. The van der Waals surface area contributed by atoms with E-state index in [4.69, 9.17) is 19.3 Å². The summed E-state index contributed by atoms with van der Waals surface area (Å²) >= 11 is 0. The van der Waals surface area contributed by atoms with Crippen LogP contribution in [0.2, 0.25) is 0 Å². The average molecular weight is 357 g/mol. The number of hydrogen-bond donors (Lipinski definition) is 0. The summed E-state index contributed by atoms with van der Waals surface area (Å²) in [5.41, 5.74) is 2.86. The van der Waals surface area contributed by atoms with Crippen molar-refractivity contribution in [3.63, 3.8) is 0 Å². The van der Waals surface area contributed by atoms with Gasteiger partial charge < -0.3 is 18.9 Å². The first-order valence-corrected chi connectivity index (χ1v) is 8.72. The van der Waals surface area contributed by atoms with Crippen LogP contribution < -0.4 is 4.74 Å². The smallest absolute Gasteiger partial charge is 0.188 e. The van der Waals surface area contributed by atoms with Crippen LogP contribution in [0.15, 0.2) is 36.0 Å². The molecule has 0 saturated carbocycles. The third-order valence-electron chi connectivity index (χ3n) is 3.95. The fourth-order valence-corrected chi connectivity index (χ4v) is 2.63. The molecule has 2 rings (SSSR count). The minimum Gasteiger partial charge on any atom is -0.468 e. The molecule has 140 valence electrons. The first-order valence-electron chi connectivity index (χ1n) is 8.72. The molecule has 0 atom stereocenters. The maximum absolute atomic E-state index is 5.44. The van der Waals surface area contributed by atoms with Gasteiger partial charge in [-0.1, -0.05) is 37.2 Å². The molecule has 1 aromatic carbocycles. The van der Waals surface area contributed by atoms with Crippen LogP contribution in [0.5, 0.6) is 5.75 Å². The molecule has 1 heterocycles. The number of methoxy groups -OCH3 is 1. The Labute approximate surface area is 155 Å². The van der Waals surface area contributed by atoms with Crippen molar-refractivity contribution >= 4 is 12.3 Å². The van der Waals surface area contributed by atoms with Gasteiger partial charge in [0, 0.05) is 20.1 Å². The van der Waals surface area contributed by atoms with Crippen LogP contribution in [-0.2, 0) is 22.5 Å². The quantitative estimate of drug-likeness (QED) is 0.348. The number of unbranched alkanes of at least 4 members (excludes halogenated alkanes) is 1. The normalized spacial score (nSPS) is 11.0. The second-order valence-corrected chi connectivity index (χ2v) is 5.80. The molecule has 0 aliphatic rings. The standard InChI is InChI=1S/C20H27N3O3/c1-5-7-8-20-22-18(6-2)19(13-21-25-4)23(20)14-16-9-11-17(12-10-16)26-15-24-3/h6,9-13H,2,5,7-8,14-15H2,1,3-4H3/b21-13+. The summed E-state index contributed by atoms with van der Waals surface area (Å²) in [5, 5.41) is 3.93. The SMILES string of the molecule is C=Cc1nc(CCCC)n(Cc2ccc(OCOC)cc2)c1/C=N/OC. The largest absolute Gasteiger partial charge is 0.468 e. The van der Waals surface area contributed by atoms with Gasteiger partial charge in [0.15, 0.2) is 6.79 Å². The second kappa shape index (κ2) is 10.4. The van der Waals surface area contributed by atoms with Crippen molar-refractivity contribution in [1.82, 2.24) is 9.55 Å². The van der Waals surface area contributed by atoms with Crippen LogP contribution in [0.1, 0.15) is 42.5 Å². The van der Waals surface area contributed by atoms with Crippen LogP contribution >= 0.6 is 0 Å². The highest BCUT2D eigenvalue weighted by atomic mass is 16.7. The van der Waals surface area contributed by atoms with E-state index in [1.165, 1.54) is 7.11 Å². The summed E-state index contributed by atoms with van der Waals surface area (Å²) in [6, 6.07) is 7.96. The molecular formula is C20H27N3O3. The minimum absolute atomic E-state index is 0.238. The Hall–Kier alpha value is -2.60. The lowest BCUT2D eigenvalue weighted by molar-refractivity contribution is 0.0511. The molecule has 0 saturated heterocycles. The van der Waals surface area contributed by atoms with Crippen molar-refractivity contribution in [2.24, 2.45) is 5.16 Å². The zero-order valence-corrected chi connectivity index (χ0v) is 15.8. The van der Waals surface area contributed by atoms with Gasteiger partial charge in [-0.05, 0) is 30.2 Å². The van der Waals surface area contributed by atoms with Gasteiger partial charge in [0.25, 0.3) is 0 Å². The predicted octanol–water partition coefficient (Wildman–Crippen LogP) is 3.88. The number of aromatic nitrogens is 2. The maximum atomic E-state index is 5.44. The van der Waals surface area contributed by atoms with Gasteiger partial charge >= 0.3 is 0 Å². The van der Waals surface area contributed by atoms with Gasteiger partial charge in [-0.2, -0.15) is 0 Å². The van der Waals surface area contributed by atoms with E-state index in [2.05, 4.69) is 23.2 Å². The van der Waals surface area contributed by atoms with Gasteiger partial charge in [0.2, 0.25) is 0 Å². The van der Waals surface area contributed by atoms with Gasteiger partial charge in [-0.25, -0.2) is 4.98 Å². The third-order valence-corrected chi connectivity index (χ3v) is 3.95. The first kappa shape index (κ1) is 19.7. The van der Waals surface area contributed by atoms with E-state index in [0.717, 1.165) is 47.8 Å². The Kier molecular flexibility index (Phi) is 7.89. The molecule has 0 aliphatic carbocycles. The lowest BCUT2D eigenvalue weighted by Crippen LogP contribution is -2.09. The number of hydrogen-bond acceptors (Lipinski definition) is 5. The van der Waals surface area contributed by atoms with Crippen LogP contribution in [0.3, 0.4) is 0 Å². The molecule has 26 heavy (non-hydrogen) atoms. The van der Waals surface area contributed by atoms with E-state index in [9.17, 15) is 0 Å². The summed E-state index contributed by atoms with van der Waals surface area (Å²) in [7, 11) is 3.13. The van der Waals surface area contributed by atoms with E-state index < -0.39 is 0 Å². The zero-order chi connectivity index (χ0) is 18.8. The summed E-state index contributed by atoms with van der Waals surface area (Å²) in [5.74, 6) is 1.80. The molecule has 0 N–H and O–H groups in total. The lowest BCUT2D eigenvalue weighted by Gasteiger charge is -2.11. The number of imidazole rings is 1. The number of aryl methyl sites for hydroxylation is 1. The summed E-state index contributed by atoms with van der Waals surface area (Å²) in [4.78, 5) is 9.59. The van der Waals surface area contributed by atoms with E-state index in [1.54, 1.807) is 19.4 Å². The van der Waals surface area contributed by atoms with Crippen LogP contribution in [-0.4, -0.2) is 36.8 Å². The molecule has 0 aliphatic heterocycles. The molecule has 1 aromatic heterocycles. The fraction of sp³-hybridized carbons (Fsp3) is 0.400. The Bertz CT molecular complexity index is 721. The molecule has 0 spiro atoms. The predicted molar refractivity (Wildman–Crippen MR) is 104 cm³/mol. The van der Waals surface area contributed by atoms with Gasteiger partial charge in [-0.3, -0.25) is 0 Å². The first-order chi connectivity index (χ1) is 12.7. The van der Waals surface area contributed by atoms with Crippen LogP contribution in [0.4, 0.5) is 0 Å². The molecule has 2 aromatic rings. The van der Waals surface area contributed by atoms with E-state index in [0.29, 0.717) is 6.54 Å². The summed E-state index contributed by atoms with van der Waals surface area (Å²) in [6.45, 7) is 6.98. The van der Waals surface area contributed by atoms with Crippen LogP contribution in [0.25, 0.3) is 6.08 Å². The van der Waals surface area contributed by atoms with Crippen molar-refractivity contribution in [1.29, 1.82) is 0 Å². The van der Waals surface area contributed by atoms with Crippen molar-refractivity contribution in [3.8, 4) is 5.75 Å². The second-order valence-electron chi connectivity index (χ2n) is 5.80. The summed E-state index contributed by atoms with van der Waals surface area (Å²) in [6.07, 6.45) is 6.55. The van der Waals surface area contributed by atoms with Crippen molar-refractivity contribution in [3.05, 3.63) is 53.6 Å². The maximum Gasteiger partial charge on any atom is 0.188 e. The van der Waals surface area contributed by atoms with Crippen molar-refractivity contribution in [2.45, 2.75) is 32.7 Å². The molecule has 0 radical (unpaired) electrons. The molecule has 6 nitrogen and oxygen atoms in total. The molecule has 0 fully saturated rings. The topological polar surface area (TPSA) is 57.9 Å². The Morgan fingerprint density at radius 1 is 1.23 bits per heavy atom. The molecule has 0 bridgehead atoms. The van der Waals surface area contributed by atoms with Crippen LogP contribution in [0, 0.1) is 0 Å². The summed E-state index contributed by atoms with van der Waals surface area (Å²) < 4.78 is 12.5. The highest BCUT2D eigenvalue weighted by molar-refractivity contribution is 5.82. The number of oxime groups is 1. The van der Waals surface area contributed by atoms with E-state index >= 15 is 0 Å². The number of rotatable bonds is 11. The highest BCUT2D eigenvalue weighted by Crippen LogP contribution is 2.19. The Balaban J connectivity index is 2.30. The average Bonchev–Trinajstić information content (AvgIpc) is 3.00. The van der Waals surface area contributed by atoms with Crippen molar-refractivity contribution < 1.29 is 14.3 Å². The zero-order valence-electron chi connectivity index (χ0n) is 15.8. The van der Waals surface area contributed by atoms with Crippen molar-refractivity contribution in [2.75, 3.05) is 21.0 Å². The molecular weight excluding hydrogens is 330 g/mol. The lowest BCUT2D eigenvalue weighted by atomic mass is 10.2. The Morgan fingerprint density at radius 2 is 2.00 bits per heavy atom. The monoisotopic (exact) mass is 357 g/mol. The fourth-order valence-electron chi connectivity index (χ4n) is 2.63. The van der Waals surface area contributed by atoms with Gasteiger partial charge in [-0.15, -0.1) is 0 Å². The number of benzene rings is 1. The van der Waals surface area contributed by atoms with Gasteiger partial charge in [0.1, 0.15) is 18.7 Å². The molecule has 0 unspecified atom stereocenters. The van der Waals surface area contributed by atoms with Gasteiger partial charge in [0.05, 0.1) is 17.6 Å². The highest BCUT2D eigenvalue weighted by Gasteiger charge is 2.14. The number of nitrogens with zero attached hydrogens (tertiary/aromatic N) is 3. The van der Waals surface area contributed by atoms with E-state index in [1.807, 2.05) is 24.3 Å². The van der Waals surface area contributed by atoms with E-state index in [-0.39, 0.29) is 6.79 Å². The Morgan fingerprint density at radius 3 is 2.62 bits per heavy atom. The number of ether oxygens (including phenoxy) is 2. The minimum atomic E-state index is 0.238. The molecule has 6 heteroatoms.